The van der Waals surface area contributed by atoms with Crippen LogP contribution in [-0.2, 0) is 9.53 Å². The molecule has 4 nitrogen and oxygen atoms in total. The van der Waals surface area contributed by atoms with E-state index in [1.165, 1.54) is 0 Å². The van der Waals surface area contributed by atoms with E-state index in [0.717, 1.165) is 5.56 Å². The molecule has 1 amide bonds. The van der Waals surface area contributed by atoms with Crippen LogP contribution in [0.2, 0.25) is 5.02 Å². The molecule has 0 saturated heterocycles. The van der Waals surface area contributed by atoms with Gasteiger partial charge in [-0.2, -0.15) is 0 Å². The zero-order chi connectivity index (χ0) is 12.7. The maximum absolute atomic E-state index is 11.5. The van der Waals surface area contributed by atoms with Gasteiger partial charge in [0.1, 0.15) is 6.61 Å². The minimum Gasteiger partial charge on any atom is -0.370 e. The van der Waals surface area contributed by atoms with Gasteiger partial charge in [0.25, 0.3) is 0 Å². The fourth-order valence-corrected chi connectivity index (χ4v) is 1.49. The maximum atomic E-state index is 11.5. The van der Waals surface area contributed by atoms with Crippen molar-refractivity contribution in [1.29, 1.82) is 0 Å². The maximum Gasteiger partial charge on any atom is 0.246 e. The van der Waals surface area contributed by atoms with Crippen molar-refractivity contribution in [2.45, 2.75) is 13.0 Å². The van der Waals surface area contributed by atoms with E-state index in [1.807, 2.05) is 19.1 Å². The van der Waals surface area contributed by atoms with Gasteiger partial charge in [0, 0.05) is 11.6 Å². The van der Waals surface area contributed by atoms with E-state index in [-0.39, 0.29) is 18.6 Å². The van der Waals surface area contributed by atoms with Crippen molar-refractivity contribution in [1.82, 2.24) is 5.32 Å². The highest BCUT2D eigenvalue weighted by molar-refractivity contribution is 6.30. The molecule has 1 aromatic carbocycles. The lowest BCUT2D eigenvalue weighted by Crippen LogP contribution is -2.30. The summed E-state index contributed by atoms with van der Waals surface area (Å²) in [4.78, 5) is 11.5. The molecule has 0 aromatic heterocycles. The van der Waals surface area contributed by atoms with Gasteiger partial charge in [-0.3, -0.25) is 4.79 Å². The highest BCUT2D eigenvalue weighted by Gasteiger charge is 2.09. The number of amides is 1. The van der Waals surface area contributed by atoms with E-state index in [1.54, 1.807) is 12.1 Å². The zero-order valence-corrected chi connectivity index (χ0v) is 10.5. The number of rotatable bonds is 6. The minimum absolute atomic E-state index is 0.0368. The van der Waals surface area contributed by atoms with Crippen LogP contribution in [-0.4, -0.2) is 25.7 Å². The van der Waals surface area contributed by atoms with Gasteiger partial charge >= 0.3 is 0 Å². The van der Waals surface area contributed by atoms with Gasteiger partial charge in [0.05, 0.1) is 12.6 Å². The van der Waals surface area contributed by atoms with Crippen molar-refractivity contribution in [3.05, 3.63) is 34.9 Å². The molecule has 0 aliphatic carbocycles. The summed E-state index contributed by atoms with van der Waals surface area (Å²) in [7, 11) is 0. The molecule has 0 heterocycles. The molecule has 1 atom stereocenters. The molecule has 0 saturated carbocycles. The van der Waals surface area contributed by atoms with E-state index in [4.69, 9.17) is 22.1 Å². The smallest absolute Gasteiger partial charge is 0.246 e. The molecule has 0 spiro atoms. The number of hydrogen-bond acceptors (Lipinski definition) is 3. The van der Waals surface area contributed by atoms with Crippen molar-refractivity contribution in [3.63, 3.8) is 0 Å². The first-order chi connectivity index (χ1) is 8.13. The lowest BCUT2D eigenvalue weighted by atomic mass is 10.1. The molecule has 0 radical (unpaired) electrons. The third-order valence-electron chi connectivity index (χ3n) is 2.24. The van der Waals surface area contributed by atoms with Gasteiger partial charge in [-0.05, 0) is 24.6 Å². The van der Waals surface area contributed by atoms with Crippen LogP contribution >= 0.6 is 11.6 Å². The molecule has 17 heavy (non-hydrogen) atoms. The number of nitrogens with one attached hydrogen (secondary N) is 1. The Morgan fingerprint density at radius 2 is 2.12 bits per heavy atom. The van der Waals surface area contributed by atoms with Crippen LogP contribution in [0.5, 0.6) is 0 Å². The average Bonchev–Trinajstić information content (AvgIpc) is 2.30. The van der Waals surface area contributed by atoms with E-state index in [0.29, 0.717) is 18.2 Å². The molecule has 0 aliphatic rings. The fourth-order valence-electron chi connectivity index (χ4n) is 1.37. The van der Waals surface area contributed by atoms with E-state index >= 15 is 0 Å². The second kappa shape index (κ2) is 7.27. The van der Waals surface area contributed by atoms with Crippen molar-refractivity contribution in [3.8, 4) is 0 Å². The van der Waals surface area contributed by atoms with Gasteiger partial charge in [-0.1, -0.05) is 23.7 Å². The highest BCUT2D eigenvalue weighted by Crippen LogP contribution is 2.15. The predicted molar refractivity (Wildman–Crippen MR) is 67.9 cm³/mol. The monoisotopic (exact) mass is 256 g/mol. The second-order valence-electron chi connectivity index (χ2n) is 3.68. The molecule has 94 valence electrons. The number of carbonyl (C=O) groups is 1. The average molecular weight is 257 g/mol. The summed E-state index contributed by atoms with van der Waals surface area (Å²) in [5, 5.41) is 3.51. The van der Waals surface area contributed by atoms with Crippen LogP contribution in [0.15, 0.2) is 24.3 Å². The molecular formula is C12H17ClN2O2. The first-order valence-electron chi connectivity index (χ1n) is 5.46. The number of carbonyl (C=O) groups excluding carboxylic acids is 1. The van der Waals surface area contributed by atoms with E-state index < -0.39 is 0 Å². The van der Waals surface area contributed by atoms with Gasteiger partial charge in [0.2, 0.25) is 5.91 Å². The molecule has 0 fully saturated rings. The van der Waals surface area contributed by atoms with Crippen LogP contribution in [0.25, 0.3) is 0 Å². The van der Waals surface area contributed by atoms with Crippen LogP contribution in [0.3, 0.4) is 0 Å². The van der Waals surface area contributed by atoms with Crippen molar-refractivity contribution >= 4 is 17.5 Å². The number of benzene rings is 1. The quantitative estimate of drug-likeness (QED) is 0.758. The summed E-state index contributed by atoms with van der Waals surface area (Å²) in [6.07, 6.45) is 0. The topological polar surface area (TPSA) is 64.3 Å². The summed E-state index contributed by atoms with van der Waals surface area (Å²) in [5.41, 5.74) is 6.25. The Morgan fingerprint density at radius 3 is 2.71 bits per heavy atom. The summed E-state index contributed by atoms with van der Waals surface area (Å²) in [6.45, 7) is 2.75. The summed E-state index contributed by atoms with van der Waals surface area (Å²) in [5.74, 6) is -0.152. The van der Waals surface area contributed by atoms with Crippen molar-refractivity contribution in [2.24, 2.45) is 5.73 Å². The van der Waals surface area contributed by atoms with E-state index in [9.17, 15) is 4.79 Å². The molecule has 1 rings (SSSR count). The normalized spacial score (nSPS) is 12.2. The number of ether oxygens (including phenoxy) is 1. The van der Waals surface area contributed by atoms with Crippen molar-refractivity contribution in [2.75, 3.05) is 19.8 Å². The first kappa shape index (κ1) is 14.0. The Hall–Kier alpha value is -1.10. The van der Waals surface area contributed by atoms with E-state index in [2.05, 4.69) is 5.32 Å². The lowest BCUT2D eigenvalue weighted by Gasteiger charge is -2.14. The van der Waals surface area contributed by atoms with Gasteiger partial charge < -0.3 is 15.8 Å². The predicted octanol–water partition coefficient (Wildman–Crippen LogP) is 1.49. The minimum atomic E-state index is -0.152. The van der Waals surface area contributed by atoms with Gasteiger partial charge in [0.15, 0.2) is 0 Å². The van der Waals surface area contributed by atoms with Crippen LogP contribution in [0.1, 0.15) is 18.5 Å². The molecule has 3 N–H and O–H groups in total. The Morgan fingerprint density at radius 1 is 1.47 bits per heavy atom. The zero-order valence-electron chi connectivity index (χ0n) is 9.78. The Balaban J connectivity index is 2.40. The third kappa shape index (κ3) is 5.17. The lowest BCUT2D eigenvalue weighted by molar-refractivity contribution is -0.126. The fraction of sp³-hybridized carbons (Fsp3) is 0.417. The summed E-state index contributed by atoms with van der Waals surface area (Å²) in [6, 6.07) is 7.29. The van der Waals surface area contributed by atoms with Crippen LogP contribution in [0, 0.1) is 0 Å². The highest BCUT2D eigenvalue weighted by atomic mass is 35.5. The number of halogens is 1. The second-order valence-corrected chi connectivity index (χ2v) is 4.12. The largest absolute Gasteiger partial charge is 0.370 e. The number of nitrogens with two attached hydrogens (primary N) is 1. The number of hydrogen-bond donors (Lipinski definition) is 2. The van der Waals surface area contributed by atoms with Crippen LogP contribution in [0.4, 0.5) is 0 Å². The molecule has 1 aromatic rings. The van der Waals surface area contributed by atoms with Crippen LogP contribution < -0.4 is 11.1 Å². The van der Waals surface area contributed by atoms with Gasteiger partial charge in [-0.15, -0.1) is 0 Å². The first-order valence-corrected chi connectivity index (χ1v) is 5.84. The summed E-state index contributed by atoms with van der Waals surface area (Å²) < 4.78 is 5.04. The Kier molecular flexibility index (Phi) is 5.97. The SMILES string of the molecule is CC(NC(=O)COCCN)c1ccc(Cl)cc1. The van der Waals surface area contributed by atoms with Gasteiger partial charge in [-0.25, -0.2) is 0 Å². The molecular weight excluding hydrogens is 240 g/mol. The Bertz CT molecular complexity index is 354. The standard InChI is InChI=1S/C12H17ClN2O2/c1-9(10-2-4-11(13)5-3-10)15-12(16)8-17-7-6-14/h2-5,9H,6-8,14H2,1H3,(H,15,16). The molecule has 0 bridgehead atoms. The van der Waals surface area contributed by atoms with Crippen molar-refractivity contribution < 1.29 is 9.53 Å². The Labute approximate surface area is 106 Å². The molecule has 0 aliphatic heterocycles. The molecule has 5 heteroatoms. The summed E-state index contributed by atoms with van der Waals surface area (Å²) >= 11 is 5.79. The molecule has 1 unspecified atom stereocenters. The third-order valence-corrected chi connectivity index (χ3v) is 2.49.